The van der Waals surface area contributed by atoms with Crippen molar-refractivity contribution in [3.05, 3.63) is 40.9 Å². The molecule has 0 saturated heterocycles. The number of thioether (sulfide) groups is 1. The van der Waals surface area contributed by atoms with Gasteiger partial charge in [-0.1, -0.05) is 23.9 Å². The van der Waals surface area contributed by atoms with E-state index in [1.54, 1.807) is 36.6 Å². The molecule has 0 aliphatic rings. The highest BCUT2D eigenvalue weighted by atomic mass is 32.2. The quantitative estimate of drug-likeness (QED) is 0.543. The lowest BCUT2D eigenvalue weighted by Crippen LogP contribution is -2.17. The first-order valence-corrected chi connectivity index (χ1v) is 9.60. The number of esters is 2. The van der Waals surface area contributed by atoms with Gasteiger partial charge in [0.1, 0.15) is 0 Å². The van der Waals surface area contributed by atoms with Crippen molar-refractivity contribution in [3.63, 3.8) is 0 Å². The number of ether oxygens (including phenoxy) is 2. The third kappa shape index (κ3) is 5.85. The minimum absolute atomic E-state index is 0.115. The number of nitrogens with one attached hydrogen (secondary N) is 1. The monoisotopic (exact) mass is 394 g/mol. The van der Waals surface area contributed by atoms with Crippen LogP contribution in [0.25, 0.3) is 0 Å². The van der Waals surface area contributed by atoms with Crippen molar-refractivity contribution in [2.45, 2.75) is 17.7 Å². The van der Waals surface area contributed by atoms with Gasteiger partial charge in [0.05, 0.1) is 42.8 Å². The molecule has 0 aliphatic carbocycles. The van der Waals surface area contributed by atoms with Crippen LogP contribution in [-0.2, 0) is 25.5 Å². The van der Waals surface area contributed by atoms with Crippen LogP contribution in [0.2, 0.25) is 0 Å². The summed E-state index contributed by atoms with van der Waals surface area (Å²) in [6.07, 6.45) is 0.115. The molecule has 0 atom stereocenters. The second kappa shape index (κ2) is 9.93. The molecule has 0 radical (unpaired) electrons. The highest BCUT2D eigenvalue weighted by Crippen LogP contribution is 2.24. The molecular formula is C17H18N2O5S2. The van der Waals surface area contributed by atoms with Gasteiger partial charge in [0.25, 0.3) is 0 Å². The fourth-order valence-corrected chi connectivity index (χ4v) is 3.63. The van der Waals surface area contributed by atoms with Crippen molar-refractivity contribution in [3.8, 4) is 0 Å². The number of anilines is 1. The predicted molar refractivity (Wildman–Crippen MR) is 99.6 cm³/mol. The van der Waals surface area contributed by atoms with Gasteiger partial charge < -0.3 is 14.8 Å². The van der Waals surface area contributed by atoms with Gasteiger partial charge in [-0.15, -0.1) is 11.3 Å². The van der Waals surface area contributed by atoms with E-state index in [0.717, 1.165) is 0 Å². The second-order valence-electron chi connectivity index (χ2n) is 4.96. The summed E-state index contributed by atoms with van der Waals surface area (Å²) in [7, 11) is 1.28. The fourth-order valence-electron chi connectivity index (χ4n) is 1.99. The largest absolute Gasteiger partial charge is 0.466 e. The van der Waals surface area contributed by atoms with E-state index in [1.807, 2.05) is 0 Å². The lowest BCUT2D eigenvalue weighted by atomic mass is 10.2. The number of rotatable bonds is 8. The predicted octanol–water partition coefficient (Wildman–Crippen LogP) is 2.77. The van der Waals surface area contributed by atoms with E-state index < -0.39 is 5.97 Å². The Morgan fingerprint density at radius 2 is 2.04 bits per heavy atom. The molecule has 0 bridgehead atoms. The minimum Gasteiger partial charge on any atom is -0.466 e. The van der Waals surface area contributed by atoms with Crippen LogP contribution in [-0.4, -0.2) is 42.3 Å². The molecule has 1 amide bonds. The number of nitrogens with zero attached hydrogens (tertiary/aromatic N) is 1. The van der Waals surface area contributed by atoms with Crippen LogP contribution in [0, 0.1) is 0 Å². The summed E-state index contributed by atoms with van der Waals surface area (Å²) >= 11 is 2.62. The number of amides is 1. The number of para-hydroxylation sites is 1. The van der Waals surface area contributed by atoms with Gasteiger partial charge in [0.2, 0.25) is 5.91 Å². The van der Waals surface area contributed by atoms with Crippen LogP contribution in [0.4, 0.5) is 5.69 Å². The minimum atomic E-state index is -0.517. The molecular weight excluding hydrogens is 376 g/mol. The molecule has 1 heterocycles. The van der Waals surface area contributed by atoms with E-state index in [-0.39, 0.29) is 24.1 Å². The molecule has 0 spiro atoms. The molecule has 1 N–H and O–H groups in total. The number of hydrogen-bond acceptors (Lipinski definition) is 8. The molecule has 2 rings (SSSR count). The van der Waals surface area contributed by atoms with Gasteiger partial charge in [-0.3, -0.25) is 9.59 Å². The van der Waals surface area contributed by atoms with Crippen LogP contribution >= 0.6 is 23.1 Å². The standard InChI is InChI=1S/C17H18N2O5S2/c1-3-24-15(21)8-11-9-25-17(18-11)26-10-14(20)19-13-7-5-4-6-12(13)16(22)23-2/h4-7,9H,3,8,10H2,1-2H3,(H,19,20). The van der Waals surface area contributed by atoms with E-state index in [9.17, 15) is 14.4 Å². The van der Waals surface area contributed by atoms with Crippen molar-refractivity contribution in [2.75, 3.05) is 24.8 Å². The molecule has 1 aromatic heterocycles. The van der Waals surface area contributed by atoms with Crippen LogP contribution in [0.15, 0.2) is 34.0 Å². The molecule has 0 aliphatic heterocycles. The van der Waals surface area contributed by atoms with E-state index in [4.69, 9.17) is 9.47 Å². The van der Waals surface area contributed by atoms with Gasteiger partial charge in [-0.2, -0.15) is 0 Å². The first-order chi connectivity index (χ1) is 12.5. The number of benzene rings is 1. The van der Waals surface area contributed by atoms with Crippen LogP contribution in [0.1, 0.15) is 23.0 Å². The summed E-state index contributed by atoms with van der Waals surface area (Å²) in [5, 5.41) is 4.46. The average molecular weight is 394 g/mol. The Morgan fingerprint density at radius 1 is 1.27 bits per heavy atom. The second-order valence-corrected chi connectivity index (χ2v) is 7.04. The Bertz CT molecular complexity index is 791. The molecule has 1 aromatic carbocycles. The third-order valence-electron chi connectivity index (χ3n) is 3.09. The van der Waals surface area contributed by atoms with E-state index >= 15 is 0 Å². The van der Waals surface area contributed by atoms with Gasteiger partial charge in [0.15, 0.2) is 4.34 Å². The Kier molecular flexibility index (Phi) is 7.61. The SMILES string of the molecule is CCOC(=O)Cc1csc(SCC(=O)Nc2ccccc2C(=O)OC)n1. The topological polar surface area (TPSA) is 94.6 Å². The Hall–Kier alpha value is -2.39. The smallest absolute Gasteiger partial charge is 0.339 e. The molecule has 0 unspecified atom stereocenters. The zero-order chi connectivity index (χ0) is 18.9. The maximum Gasteiger partial charge on any atom is 0.339 e. The van der Waals surface area contributed by atoms with E-state index in [2.05, 4.69) is 10.3 Å². The molecule has 0 fully saturated rings. The van der Waals surface area contributed by atoms with Crippen LogP contribution < -0.4 is 5.32 Å². The first-order valence-electron chi connectivity index (χ1n) is 7.73. The zero-order valence-corrected chi connectivity index (χ0v) is 15.9. The molecule has 2 aromatic rings. The Balaban J connectivity index is 1.89. The summed E-state index contributed by atoms with van der Waals surface area (Å²) in [6.45, 7) is 2.08. The summed E-state index contributed by atoms with van der Waals surface area (Å²) in [6, 6.07) is 6.63. The summed E-state index contributed by atoms with van der Waals surface area (Å²) in [4.78, 5) is 39.6. The number of aromatic nitrogens is 1. The number of methoxy groups -OCH3 is 1. The van der Waals surface area contributed by atoms with Crippen molar-refractivity contribution in [1.29, 1.82) is 0 Å². The summed E-state index contributed by atoms with van der Waals surface area (Å²) in [5.74, 6) is -0.987. The molecule has 26 heavy (non-hydrogen) atoms. The molecule has 7 nitrogen and oxygen atoms in total. The van der Waals surface area contributed by atoms with Gasteiger partial charge in [-0.05, 0) is 19.1 Å². The number of carbonyl (C=O) groups excluding carboxylic acids is 3. The number of hydrogen-bond donors (Lipinski definition) is 1. The van der Waals surface area contributed by atoms with Gasteiger partial charge >= 0.3 is 11.9 Å². The number of carbonyl (C=O) groups is 3. The van der Waals surface area contributed by atoms with Gasteiger partial charge in [-0.25, -0.2) is 9.78 Å². The first kappa shape index (κ1) is 19.9. The summed E-state index contributed by atoms with van der Waals surface area (Å²) < 4.78 is 10.3. The van der Waals surface area contributed by atoms with E-state index in [0.29, 0.717) is 27.9 Å². The van der Waals surface area contributed by atoms with Crippen molar-refractivity contribution >= 4 is 46.6 Å². The highest BCUT2D eigenvalue weighted by Gasteiger charge is 2.14. The molecule has 0 saturated carbocycles. The fraction of sp³-hybridized carbons (Fsp3) is 0.294. The average Bonchev–Trinajstić information content (AvgIpc) is 3.07. The molecule has 138 valence electrons. The summed E-state index contributed by atoms with van der Waals surface area (Å²) in [5.41, 5.74) is 1.30. The van der Waals surface area contributed by atoms with Crippen molar-refractivity contribution in [1.82, 2.24) is 4.98 Å². The van der Waals surface area contributed by atoms with Crippen molar-refractivity contribution in [2.24, 2.45) is 0 Å². The number of thiazole rings is 1. The third-order valence-corrected chi connectivity index (χ3v) is 5.16. The van der Waals surface area contributed by atoms with Crippen molar-refractivity contribution < 1.29 is 23.9 Å². The maximum atomic E-state index is 12.1. The van der Waals surface area contributed by atoms with Crippen LogP contribution in [0.5, 0.6) is 0 Å². The van der Waals surface area contributed by atoms with Gasteiger partial charge in [0, 0.05) is 5.38 Å². The normalized spacial score (nSPS) is 10.2. The zero-order valence-electron chi connectivity index (χ0n) is 14.3. The van der Waals surface area contributed by atoms with E-state index in [1.165, 1.54) is 30.2 Å². The van der Waals surface area contributed by atoms with Crippen LogP contribution in [0.3, 0.4) is 0 Å². The lowest BCUT2D eigenvalue weighted by molar-refractivity contribution is -0.142. The maximum absolute atomic E-state index is 12.1. The lowest BCUT2D eigenvalue weighted by Gasteiger charge is -2.08. The Labute approximate surface area is 159 Å². The Morgan fingerprint density at radius 3 is 2.77 bits per heavy atom. The highest BCUT2D eigenvalue weighted by molar-refractivity contribution is 8.01. The molecule has 9 heteroatoms.